The van der Waals surface area contributed by atoms with Gasteiger partial charge in [0.1, 0.15) is 0 Å². The van der Waals surface area contributed by atoms with Crippen LogP contribution in [0.4, 0.5) is 5.69 Å². The molecule has 2 fully saturated rings. The largest absolute Gasteiger partial charge is 0.379 e. The Morgan fingerprint density at radius 3 is 2.92 bits per heavy atom. The molecule has 0 aromatic heterocycles. The summed E-state index contributed by atoms with van der Waals surface area (Å²) >= 11 is 6.09. The highest BCUT2D eigenvalue weighted by Crippen LogP contribution is 2.28. The molecular formula is C18H28ClIN4O. The maximum Gasteiger partial charge on any atom is 0.191 e. The molecule has 25 heavy (non-hydrogen) atoms. The number of halogens is 2. The third-order valence-corrected chi connectivity index (χ3v) is 4.75. The summed E-state index contributed by atoms with van der Waals surface area (Å²) in [5.74, 6) is 1.67. The first kappa shape index (κ1) is 20.6. The van der Waals surface area contributed by atoms with Crippen molar-refractivity contribution in [2.75, 3.05) is 44.8 Å². The smallest absolute Gasteiger partial charge is 0.191 e. The number of rotatable bonds is 7. The molecule has 1 atom stereocenters. The fourth-order valence-corrected chi connectivity index (χ4v) is 3.13. The summed E-state index contributed by atoms with van der Waals surface area (Å²) in [6.45, 7) is 4.41. The molecule has 2 N–H and O–H groups in total. The monoisotopic (exact) mass is 478 g/mol. The summed E-state index contributed by atoms with van der Waals surface area (Å²) in [7, 11) is 1.81. The number of ether oxygens (including phenoxy) is 1. The van der Waals surface area contributed by atoms with Crippen LogP contribution in [0.5, 0.6) is 0 Å². The summed E-state index contributed by atoms with van der Waals surface area (Å²) in [6, 6.07) is 8.43. The molecule has 0 spiro atoms. The fourth-order valence-electron chi connectivity index (χ4n) is 2.95. The number of hydrogen-bond donors (Lipinski definition) is 2. The SMILES string of the molecule is CN=C(NCCOCC1CC1)NC1CCN(c2cccc(Cl)c2)C1.I. The molecule has 140 valence electrons. The molecule has 5 nitrogen and oxygen atoms in total. The number of benzene rings is 1. The van der Waals surface area contributed by atoms with Crippen molar-refractivity contribution in [2.45, 2.75) is 25.3 Å². The van der Waals surface area contributed by atoms with Gasteiger partial charge in [0.05, 0.1) is 6.61 Å². The van der Waals surface area contributed by atoms with Gasteiger partial charge in [-0.1, -0.05) is 17.7 Å². The second-order valence-electron chi connectivity index (χ2n) is 6.57. The van der Waals surface area contributed by atoms with Crippen molar-refractivity contribution in [3.05, 3.63) is 29.3 Å². The highest BCUT2D eigenvalue weighted by molar-refractivity contribution is 14.0. The first-order valence-corrected chi connectivity index (χ1v) is 9.18. The molecule has 3 rings (SSSR count). The zero-order valence-electron chi connectivity index (χ0n) is 14.7. The Kier molecular flexibility index (Phi) is 8.58. The molecule has 1 unspecified atom stereocenters. The third kappa shape index (κ3) is 6.83. The minimum Gasteiger partial charge on any atom is -0.379 e. The van der Waals surface area contributed by atoms with Gasteiger partial charge in [0.15, 0.2) is 5.96 Å². The first-order chi connectivity index (χ1) is 11.7. The quantitative estimate of drug-likeness (QED) is 0.274. The van der Waals surface area contributed by atoms with Crippen LogP contribution in [-0.4, -0.2) is 51.9 Å². The second-order valence-corrected chi connectivity index (χ2v) is 7.01. The Bertz CT molecular complexity index is 568. The molecule has 1 saturated heterocycles. The Hall–Kier alpha value is -0.730. The van der Waals surface area contributed by atoms with Crippen molar-refractivity contribution in [1.29, 1.82) is 0 Å². The third-order valence-electron chi connectivity index (χ3n) is 4.52. The summed E-state index contributed by atoms with van der Waals surface area (Å²) in [6.07, 6.45) is 3.76. The van der Waals surface area contributed by atoms with Crippen LogP contribution >= 0.6 is 35.6 Å². The highest BCUT2D eigenvalue weighted by atomic mass is 127. The van der Waals surface area contributed by atoms with Crippen molar-refractivity contribution in [3.63, 3.8) is 0 Å². The second kappa shape index (κ2) is 10.4. The van der Waals surface area contributed by atoms with E-state index in [-0.39, 0.29) is 24.0 Å². The zero-order chi connectivity index (χ0) is 16.8. The summed E-state index contributed by atoms with van der Waals surface area (Å²) < 4.78 is 5.64. The van der Waals surface area contributed by atoms with Gasteiger partial charge in [-0.15, -0.1) is 24.0 Å². The Morgan fingerprint density at radius 2 is 2.20 bits per heavy atom. The number of hydrogen-bond acceptors (Lipinski definition) is 3. The molecule has 0 bridgehead atoms. The lowest BCUT2D eigenvalue weighted by molar-refractivity contribution is 0.129. The van der Waals surface area contributed by atoms with Gasteiger partial charge in [0.25, 0.3) is 0 Å². The van der Waals surface area contributed by atoms with Crippen molar-refractivity contribution in [1.82, 2.24) is 10.6 Å². The van der Waals surface area contributed by atoms with E-state index in [9.17, 15) is 0 Å². The maximum absolute atomic E-state index is 6.09. The number of aliphatic imine (C=N–C) groups is 1. The van der Waals surface area contributed by atoms with Gasteiger partial charge in [-0.05, 0) is 43.4 Å². The lowest BCUT2D eigenvalue weighted by Gasteiger charge is -2.20. The van der Waals surface area contributed by atoms with E-state index in [1.807, 2.05) is 25.2 Å². The minimum atomic E-state index is 0. The predicted octanol–water partition coefficient (Wildman–Crippen LogP) is 3.13. The number of anilines is 1. The topological polar surface area (TPSA) is 48.9 Å². The molecule has 1 aliphatic heterocycles. The summed E-state index contributed by atoms with van der Waals surface area (Å²) in [4.78, 5) is 6.66. The maximum atomic E-state index is 6.09. The normalized spacial score (nSPS) is 20.3. The van der Waals surface area contributed by atoms with E-state index in [2.05, 4.69) is 26.6 Å². The molecule has 1 saturated carbocycles. The van der Waals surface area contributed by atoms with Gasteiger partial charge in [0.2, 0.25) is 0 Å². The van der Waals surface area contributed by atoms with E-state index >= 15 is 0 Å². The van der Waals surface area contributed by atoms with Crippen molar-refractivity contribution in [2.24, 2.45) is 10.9 Å². The van der Waals surface area contributed by atoms with Crippen molar-refractivity contribution >= 4 is 47.2 Å². The van der Waals surface area contributed by atoms with E-state index in [4.69, 9.17) is 16.3 Å². The molecule has 0 radical (unpaired) electrons. The number of nitrogens with one attached hydrogen (secondary N) is 2. The van der Waals surface area contributed by atoms with Crippen LogP contribution in [0.1, 0.15) is 19.3 Å². The van der Waals surface area contributed by atoms with Gasteiger partial charge in [-0.3, -0.25) is 4.99 Å². The average molecular weight is 479 g/mol. The molecule has 1 aliphatic carbocycles. The Labute approximate surface area is 172 Å². The van der Waals surface area contributed by atoms with Crippen LogP contribution < -0.4 is 15.5 Å². The molecule has 0 amide bonds. The number of guanidine groups is 1. The van der Waals surface area contributed by atoms with Crippen molar-refractivity contribution in [3.8, 4) is 0 Å². The van der Waals surface area contributed by atoms with Crippen LogP contribution in [0.15, 0.2) is 29.3 Å². The van der Waals surface area contributed by atoms with E-state index in [0.29, 0.717) is 6.04 Å². The zero-order valence-corrected chi connectivity index (χ0v) is 17.8. The van der Waals surface area contributed by atoms with Gasteiger partial charge < -0.3 is 20.3 Å². The van der Waals surface area contributed by atoms with Crippen LogP contribution in [-0.2, 0) is 4.74 Å². The molecule has 2 aliphatic rings. The van der Waals surface area contributed by atoms with E-state index < -0.39 is 0 Å². The fraction of sp³-hybridized carbons (Fsp3) is 0.611. The van der Waals surface area contributed by atoms with Gasteiger partial charge >= 0.3 is 0 Å². The van der Waals surface area contributed by atoms with Gasteiger partial charge in [-0.2, -0.15) is 0 Å². The Morgan fingerprint density at radius 1 is 1.36 bits per heavy atom. The molecule has 1 heterocycles. The lowest BCUT2D eigenvalue weighted by Crippen LogP contribution is -2.45. The van der Waals surface area contributed by atoms with Crippen LogP contribution in [0.3, 0.4) is 0 Å². The summed E-state index contributed by atoms with van der Waals surface area (Å²) in [5.41, 5.74) is 1.18. The first-order valence-electron chi connectivity index (χ1n) is 8.80. The number of nitrogens with zero attached hydrogens (tertiary/aromatic N) is 2. The van der Waals surface area contributed by atoms with Gasteiger partial charge in [-0.25, -0.2) is 0 Å². The van der Waals surface area contributed by atoms with E-state index in [0.717, 1.165) is 56.2 Å². The van der Waals surface area contributed by atoms with Crippen LogP contribution in [0.2, 0.25) is 5.02 Å². The molecule has 7 heteroatoms. The average Bonchev–Trinajstić information content (AvgIpc) is 3.29. The van der Waals surface area contributed by atoms with Crippen molar-refractivity contribution < 1.29 is 4.74 Å². The Balaban J connectivity index is 0.00000225. The molecular weight excluding hydrogens is 451 g/mol. The van der Waals surface area contributed by atoms with Crippen LogP contribution in [0, 0.1) is 5.92 Å². The summed E-state index contributed by atoms with van der Waals surface area (Å²) in [5, 5.41) is 7.61. The molecule has 1 aromatic carbocycles. The molecule has 1 aromatic rings. The minimum absolute atomic E-state index is 0. The highest BCUT2D eigenvalue weighted by Gasteiger charge is 2.23. The van der Waals surface area contributed by atoms with E-state index in [1.165, 1.54) is 18.5 Å². The van der Waals surface area contributed by atoms with Crippen LogP contribution in [0.25, 0.3) is 0 Å². The van der Waals surface area contributed by atoms with E-state index in [1.54, 1.807) is 0 Å². The van der Waals surface area contributed by atoms with Gasteiger partial charge in [0, 0.05) is 50.0 Å². The predicted molar refractivity (Wildman–Crippen MR) is 116 cm³/mol. The standard InChI is InChI=1S/C18H27ClN4O.HI/c1-20-18(21-8-10-24-13-14-5-6-14)22-16-7-9-23(12-16)17-4-2-3-15(19)11-17;/h2-4,11,14,16H,5-10,12-13H2,1H3,(H2,20,21,22);1H. The lowest BCUT2D eigenvalue weighted by atomic mass is 10.3.